The Kier molecular flexibility index (Phi) is 4.90. The third kappa shape index (κ3) is 3.43. The van der Waals surface area contributed by atoms with Crippen LogP contribution in [0, 0.1) is 17.2 Å². The fourth-order valence-electron chi connectivity index (χ4n) is 2.80. The van der Waals surface area contributed by atoms with Crippen molar-refractivity contribution in [2.75, 3.05) is 13.2 Å². The number of benzene rings is 1. The number of carbonyl (C=O) groups excluding carboxylic acids is 1. The first-order valence-corrected chi connectivity index (χ1v) is 8.31. The summed E-state index contributed by atoms with van der Waals surface area (Å²) in [5.74, 6) is 0.761. The Balaban J connectivity index is 2.04. The lowest BCUT2D eigenvalue weighted by atomic mass is 10.1. The zero-order chi connectivity index (χ0) is 17.8. The molecule has 0 bridgehead atoms. The Hall–Kier alpha value is -3.00. The summed E-state index contributed by atoms with van der Waals surface area (Å²) >= 11 is 0. The highest BCUT2D eigenvalue weighted by atomic mass is 16.5. The van der Waals surface area contributed by atoms with Crippen molar-refractivity contribution in [3.8, 4) is 11.8 Å². The minimum atomic E-state index is -0.315. The number of carbonyl (C=O) groups is 1. The highest BCUT2D eigenvalue weighted by molar-refractivity contribution is 6.11. The van der Waals surface area contributed by atoms with Gasteiger partial charge in [0.25, 0.3) is 0 Å². The smallest absolute Gasteiger partial charge is 0.340 e. The number of nitriles is 1. The van der Waals surface area contributed by atoms with Crippen LogP contribution in [-0.2, 0) is 4.74 Å². The van der Waals surface area contributed by atoms with E-state index in [1.165, 1.54) is 0 Å². The van der Waals surface area contributed by atoms with Crippen LogP contribution in [0.25, 0.3) is 16.4 Å². The van der Waals surface area contributed by atoms with Crippen LogP contribution in [-0.4, -0.2) is 23.6 Å². The number of fused-ring (bicyclic) bond motifs is 3. The molecular formula is C20H20N2O3. The fraction of sp³-hybridized carbons (Fsp3) is 0.300. The van der Waals surface area contributed by atoms with E-state index in [4.69, 9.17) is 14.7 Å². The molecule has 128 valence electrons. The maximum Gasteiger partial charge on any atom is 0.340 e. The molecule has 0 N–H and O–H groups in total. The molecule has 0 spiro atoms. The monoisotopic (exact) mass is 336 g/mol. The van der Waals surface area contributed by atoms with Crippen molar-refractivity contribution in [3.63, 3.8) is 0 Å². The van der Waals surface area contributed by atoms with Crippen molar-refractivity contribution >= 4 is 22.4 Å². The van der Waals surface area contributed by atoms with E-state index in [1.807, 2.05) is 47.0 Å². The van der Waals surface area contributed by atoms with Crippen molar-refractivity contribution < 1.29 is 14.3 Å². The van der Waals surface area contributed by atoms with Gasteiger partial charge in [0.15, 0.2) is 6.61 Å². The Bertz CT molecular complexity index is 951. The molecule has 0 saturated carbocycles. The highest BCUT2D eigenvalue weighted by Gasteiger charge is 2.19. The van der Waals surface area contributed by atoms with Gasteiger partial charge in [0.05, 0.1) is 23.2 Å². The molecule has 0 atom stereocenters. The Labute approximate surface area is 146 Å². The van der Waals surface area contributed by atoms with Gasteiger partial charge in [-0.25, -0.2) is 4.79 Å². The molecule has 2 heterocycles. The zero-order valence-electron chi connectivity index (χ0n) is 14.4. The van der Waals surface area contributed by atoms with Gasteiger partial charge in [-0.1, -0.05) is 19.9 Å². The summed E-state index contributed by atoms with van der Waals surface area (Å²) in [5, 5.41) is 9.48. The summed E-state index contributed by atoms with van der Waals surface area (Å²) in [6.07, 6.45) is 2.73. The molecular weight excluding hydrogens is 316 g/mol. The lowest BCUT2D eigenvalue weighted by molar-refractivity contribution is 0.0492. The zero-order valence-corrected chi connectivity index (χ0v) is 14.4. The van der Waals surface area contributed by atoms with Crippen molar-refractivity contribution in [1.29, 1.82) is 5.26 Å². The van der Waals surface area contributed by atoms with Crippen molar-refractivity contribution in [3.05, 3.63) is 48.2 Å². The van der Waals surface area contributed by atoms with E-state index in [2.05, 4.69) is 13.8 Å². The van der Waals surface area contributed by atoms with Crippen molar-refractivity contribution in [2.24, 2.45) is 5.92 Å². The summed E-state index contributed by atoms with van der Waals surface area (Å²) < 4.78 is 12.8. The minimum absolute atomic E-state index is 0.0150. The quantitative estimate of drug-likeness (QED) is 0.633. The summed E-state index contributed by atoms with van der Waals surface area (Å²) in [7, 11) is 0. The predicted octanol–water partition coefficient (Wildman–Crippen LogP) is 4.20. The van der Waals surface area contributed by atoms with Crippen LogP contribution in [0.3, 0.4) is 0 Å². The second-order valence-electron chi connectivity index (χ2n) is 6.28. The average molecular weight is 336 g/mol. The number of aromatic nitrogens is 1. The van der Waals surface area contributed by atoms with E-state index >= 15 is 0 Å². The van der Waals surface area contributed by atoms with E-state index in [0.29, 0.717) is 23.8 Å². The van der Waals surface area contributed by atoms with Gasteiger partial charge in [0.1, 0.15) is 11.8 Å². The van der Waals surface area contributed by atoms with Gasteiger partial charge in [-0.15, -0.1) is 0 Å². The fourth-order valence-corrected chi connectivity index (χ4v) is 2.80. The highest BCUT2D eigenvalue weighted by Crippen LogP contribution is 2.30. The summed E-state index contributed by atoms with van der Waals surface area (Å²) in [6, 6.07) is 13.1. The Morgan fingerprint density at radius 1 is 1.24 bits per heavy atom. The topological polar surface area (TPSA) is 63.7 Å². The lowest BCUT2D eigenvalue weighted by Crippen LogP contribution is -2.08. The van der Waals surface area contributed by atoms with Crippen molar-refractivity contribution in [2.45, 2.75) is 20.3 Å². The van der Waals surface area contributed by atoms with E-state index in [-0.39, 0.29) is 12.6 Å². The SMILES string of the molecule is CC(C)CCOC(=O)c1c2ccc(OCC#N)cc2n2ccccc12. The largest absolute Gasteiger partial charge is 0.479 e. The molecule has 0 unspecified atom stereocenters. The Morgan fingerprint density at radius 2 is 2.08 bits per heavy atom. The van der Waals surface area contributed by atoms with Crippen LogP contribution >= 0.6 is 0 Å². The van der Waals surface area contributed by atoms with Gasteiger partial charge in [0, 0.05) is 17.6 Å². The first-order chi connectivity index (χ1) is 12.1. The van der Waals surface area contributed by atoms with E-state index in [1.54, 1.807) is 6.07 Å². The maximum atomic E-state index is 12.7. The van der Waals surface area contributed by atoms with Gasteiger partial charge in [-0.05, 0) is 36.6 Å². The van der Waals surface area contributed by atoms with Gasteiger partial charge in [0.2, 0.25) is 0 Å². The van der Waals surface area contributed by atoms with Crippen LogP contribution < -0.4 is 4.74 Å². The van der Waals surface area contributed by atoms with E-state index < -0.39 is 0 Å². The number of hydrogen-bond donors (Lipinski definition) is 0. The third-order valence-electron chi connectivity index (χ3n) is 4.05. The summed E-state index contributed by atoms with van der Waals surface area (Å²) in [4.78, 5) is 12.7. The van der Waals surface area contributed by atoms with Crippen LogP contribution in [0.4, 0.5) is 0 Å². The summed E-state index contributed by atoms with van der Waals surface area (Å²) in [5.41, 5.74) is 2.21. The number of ether oxygens (including phenoxy) is 2. The molecule has 5 nitrogen and oxygen atoms in total. The molecule has 0 saturated heterocycles. The van der Waals surface area contributed by atoms with Crippen LogP contribution in [0.2, 0.25) is 0 Å². The number of nitrogens with zero attached hydrogens (tertiary/aromatic N) is 2. The molecule has 3 rings (SSSR count). The van der Waals surface area contributed by atoms with Gasteiger partial charge in [-0.2, -0.15) is 5.26 Å². The van der Waals surface area contributed by atoms with E-state index in [0.717, 1.165) is 22.8 Å². The molecule has 3 aromatic rings. The maximum absolute atomic E-state index is 12.7. The number of rotatable bonds is 6. The first kappa shape index (κ1) is 16.8. The minimum Gasteiger partial charge on any atom is -0.479 e. The molecule has 2 aromatic heterocycles. The Morgan fingerprint density at radius 3 is 2.84 bits per heavy atom. The van der Waals surface area contributed by atoms with Gasteiger partial charge >= 0.3 is 5.97 Å². The molecule has 0 radical (unpaired) electrons. The molecule has 5 heteroatoms. The molecule has 0 aliphatic carbocycles. The second-order valence-corrected chi connectivity index (χ2v) is 6.28. The standard InChI is InChI=1S/C20H20N2O3/c1-14(2)8-11-25-20(23)19-16-7-6-15(24-12-9-21)13-18(16)22-10-4-3-5-17(19)22/h3-7,10,13-14H,8,11-12H2,1-2H3. The molecule has 0 fully saturated rings. The molecule has 0 aliphatic rings. The van der Waals surface area contributed by atoms with Crippen LogP contribution in [0.15, 0.2) is 42.6 Å². The second kappa shape index (κ2) is 7.27. The first-order valence-electron chi connectivity index (χ1n) is 8.31. The molecule has 1 aromatic carbocycles. The number of hydrogen-bond acceptors (Lipinski definition) is 4. The molecule has 0 aliphatic heterocycles. The molecule has 25 heavy (non-hydrogen) atoms. The van der Waals surface area contributed by atoms with Crippen LogP contribution in [0.5, 0.6) is 5.75 Å². The number of pyridine rings is 1. The average Bonchev–Trinajstić information content (AvgIpc) is 2.93. The lowest BCUT2D eigenvalue weighted by Gasteiger charge is -2.07. The summed E-state index contributed by atoms with van der Waals surface area (Å²) in [6.45, 7) is 4.59. The van der Waals surface area contributed by atoms with Crippen LogP contribution in [0.1, 0.15) is 30.6 Å². The van der Waals surface area contributed by atoms with E-state index in [9.17, 15) is 4.79 Å². The normalized spacial score (nSPS) is 11.0. The van der Waals surface area contributed by atoms with Crippen molar-refractivity contribution in [1.82, 2.24) is 4.40 Å². The van der Waals surface area contributed by atoms with Gasteiger partial charge < -0.3 is 13.9 Å². The molecule has 0 amide bonds. The van der Waals surface area contributed by atoms with Gasteiger partial charge in [-0.3, -0.25) is 0 Å². The number of esters is 1. The third-order valence-corrected chi connectivity index (χ3v) is 4.05. The predicted molar refractivity (Wildman–Crippen MR) is 95.7 cm³/mol.